The number of aromatic amines is 1. The van der Waals surface area contributed by atoms with E-state index in [4.69, 9.17) is 4.74 Å². The molecule has 8 nitrogen and oxygen atoms in total. The number of para-hydroxylation sites is 1. The molecule has 1 saturated carbocycles. The predicted octanol–water partition coefficient (Wildman–Crippen LogP) is 3.93. The first-order valence-electron chi connectivity index (χ1n) is 11.0. The van der Waals surface area contributed by atoms with Gasteiger partial charge in [0.1, 0.15) is 17.9 Å². The maximum atomic E-state index is 13.1. The van der Waals surface area contributed by atoms with Gasteiger partial charge in [0.25, 0.3) is 5.91 Å². The molecule has 0 saturated heterocycles. The van der Waals surface area contributed by atoms with Gasteiger partial charge in [0.15, 0.2) is 0 Å². The van der Waals surface area contributed by atoms with Crippen molar-refractivity contribution >= 4 is 28.7 Å². The van der Waals surface area contributed by atoms with Gasteiger partial charge in [-0.2, -0.15) is 0 Å². The highest BCUT2D eigenvalue weighted by Gasteiger charge is 2.25. The number of fused-ring (bicyclic) bond motifs is 1. The van der Waals surface area contributed by atoms with Crippen molar-refractivity contribution in [2.75, 3.05) is 19.0 Å². The average molecular weight is 460 g/mol. The number of hydrogen-bond acceptors (Lipinski definition) is 6. The smallest absolute Gasteiger partial charge is 0.437 e. The van der Waals surface area contributed by atoms with Crippen LogP contribution in [0.4, 0.5) is 10.5 Å². The lowest BCUT2D eigenvalue weighted by atomic mass is 9.94. The average Bonchev–Trinajstić information content (AvgIpc) is 3.38. The van der Waals surface area contributed by atoms with Crippen molar-refractivity contribution in [1.82, 2.24) is 4.98 Å². The fraction of sp³-hybridized carbons (Fsp3) is 0.269. The van der Waals surface area contributed by atoms with Crippen LogP contribution in [-0.4, -0.2) is 35.9 Å². The summed E-state index contributed by atoms with van der Waals surface area (Å²) in [7, 11) is 1.22. The zero-order chi connectivity index (χ0) is 24.1. The van der Waals surface area contributed by atoms with Crippen molar-refractivity contribution in [1.29, 1.82) is 0 Å². The molecular weight excluding hydrogens is 436 g/mol. The highest BCUT2D eigenvalue weighted by atomic mass is 16.7. The van der Waals surface area contributed by atoms with Crippen molar-refractivity contribution in [3.05, 3.63) is 69.5 Å². The summed E-state index contributed by atoms with van der Waals surface area (Å²) in [6.07, 6.45) is 4.46. The zero-order valence-corrected chi connectivity index (χ0v) is 18.6. The first-order chi connectivity index (χ1) is 16.5. The molecule has 3 aromatic rings. The Balaban J connectivity index is 1.77. The number of amides is 1. The summed E-state index contributed by atoms with van der Waals surface area (Å²) < 4.78 is 10.1. The van der Waals surface area contributed by atoms with Crippen LogP contribution in [0.5, 0.6) is 5.75 Å². The summed E-state index contributed by atoms with van der Waals surface area (Å²) in [6, 6.07) is 10.2. The van der Waals surface area contributed by atoms with Gasteiger partial charge >= 0.3 is 6.16 Å². The Kier molecular flexibility index (Phi) is 6.95. The fourth-order valence-electron chi connectivity index (χ4n) is 4.24. The summed E-state index contributed by atoms with van der Waals surface area (Å²) in [6.45, 7) is -0.364. The van der Waals surface area contributed by atoms with Crippen LogP contribution in [0.1, 0.15) is 53.1 Å². The molecule has 1 amide bonds. The lowest BCUT2D eigenvalue weighted by Gasteiger charge is -2.18. The molecule has 34 heavy (non-hydrogen) atoms. The number of nitrogens with one attached hydrogen (secondary N) is 2. The Morgan fingerprint density at radius 2 is 1.97 bits per heavy atom. The Labute approximate surface area is 195 Å². The van der Waals surface area contributed by atoms with E-state index in [2.05, 4.69) is 26.9 Å². The second kappa shape index (κ2) is 10.2. The molecule has 3 N–H and O–H groups in total. The van der Waals surface area contributed by atoms with Crippen LogP contribution in [0.3, 0.4) is 0 Å². The van der Waals surface area contributed by atoms with E-state index in [1.54, 1.807) is 30.3 Å². The van der Waals surface area contributed by atoms with Gasteiger partial charge in [-0.25, -0.2) is 4.79 Å². The SMILES string of the molecule is COC(=O)Oc1cc(NC(=O)c2c[nH]c3ccccc3c2=O)c(C#CCO)cc1C1CCCC1. The minimum Gasteiger partial charge on any atom is -0.437 e. The van der Waals surface area contributed by atoms with Gasteiger partial charge in [-0.05, 0) is 42.5 Å². The normalized spacial score (nSPS) is 13.2. The molecule has 1 fully saturated rings. The predicted molar refractivity (Wildman–Crippen MR) is 127 cm³/mol. The van der Waals surface area contributed by atoms with Gasteiger partial charge < -0.3 is 24.9 Å². The Morgan fingerprint density at radius 3 is 2.71 bits per heavy atom. The Morgan fingerprint density at radius 1 is 1.21 bits per heavy atom. The van der Waals surface area contributed by atoms with Gasteiger partial charge in [0, 0.05) is 28.7 Å². The summed E-state index contributed by atoms with van der Waals surface area (Å²) in [5.74, 6) is 5.23. The van der Waals surface area contributed by atoms with E-state index in [1.807, 2.05) is 0 Å². The molecule has 174 valence electrons. The van der Waals surface area contributed by atoms with Crippen LogP contribution in [-0.2, 0) is 4.74 Å². The van der Waals surface area contributed by atoms with E-state index >= 15 is 0 Å². The molecule has 2 aromatic carbocycles. The number of hydrogen-bond donors (Lipinski definition) is 3. The highest BCUT2D eigenvalue weighted by Crippen LogP contribution is 2.41. The number of benzene rings is 2. The number of aliphatic hydroxyl groups is 1. The van der Waals surface area contributed by atoms with Gasteiger partial charge in [0.2, 0.25) is 5.43 Å². The quantitative estimate of drug-likeness (QED) is 0.309. The molecule has 1 aromatic heterocycles. The van der Waals surface area contributed by atoms with Crippen molar-refractivity contribution in [2.24, 2.45) is 0 Å². The maximum absolute atomic E-state index is 13.1. The van der Waals surface area contributed by atoms with Gasteiger partial charge in [-0.1, -0.05) is 36.8 Å². The molecule has 0 atom stereocenters. The van der Waals surface area contributed by atoms with E-state index in [-0.39, 0.29) is 29.5 Å². The Hall–Kier alpha value is -4.09. The number of methoxy groups -OCH3 is 1. The number of aliphatic hydroxyl groups excluding tert-OH is 1. The van der Waals surface area contributed by atoms with Gasteiger partial charge in [-0.3, -0.25) is 9.59 Å². The van der Waals surface area contributed by atoms with Crippen LogP contribution >= 0.6 is 0 Å². The maximum Gasteiger partial charge on any atom is 0.513 e. The second-order valence-electron chi connectivity index (χ2n) is 7.96. The van der Waals surface area contributed by atoms with E-state index in [0.29, 0.717) is 16.5 Å². The van der Waals surface area contributed by atoms with Crippen molar-refractivity contribution in [3.8, 4) is 17.6 Å². The molecule has 1 heterocycles. The zero-order valence-electron chi connectivity index (χ0n) is 18.6. The summed E-state index contributed by atoms with van der Waals surface area (Å²) in [4.78, 5) is 40.8. The third-order valence-electron chi connectivity index (χ3n) is 5.89. The minimum atomic E-state index is -0.878. The molecule has 0 radical (unpaired) electrons. The molecule has 1 aliphatic rings. The number of rotatable bonds is 4. The largest absolute Gasteiger partial charge is 0.513 e. The number of aromatic nitrogens is 1. The fourth-order valence-corrected chi connectivity index (χ4v) is 4.24. The molecular formula is C26H24N2O6. The first kappa shape index (κ1) is 23.1. The van der Waals surface area contributed by atoms with Crippen LogP contribution < -0.4 is 15.5 Å². The van der Waals surface area contributed by atoms with Crippen LogP contribution in [0, 0.1) is 11.8 Å². The molecule has 0 spiro atoms. The van der Waals surface area contributed by atoms with Crippen molar-refractivity contribution in [3.63, 3.8) is 0 Å². The number of carbonyl (C=O) groups excluding carboxylic acids is 2. The number of anilines is 1. The van der Waals surface area contributed by atoms with Crippen LogP contribution in [0.2, 0.25) is 0 Å². The summed E-state index contributed by atoms with van der Waals surface area (Å²) in [5, 5.41) is 12.3. The number of carbonyl (C=O) groups is 2. The number of ether oxygens (including phenoxy) is 2. The minimum absolute atomic E-state index is 0.0740. The number of H-pyrrole nitrogens is 1. The van der Waals surface area contributed by atoms with E-state index in [9.17, 15) is 19.5 Å². The van der Waals surface area contributed by atoms with E-state index < -0.39 is 17.5 Å². The standard InChI is InChI=1S/C26H24N2O6/c1-33-26(32)34-23-14-22(17(9-6-12-29)13-19(23)16-7-2-3-8-16)28-25(31)20-15-27-21-11-5-4-10-18(21)24(20)30/h4-5,10-11,13-16,29H,2-3,7-8,12H2,1H3,(H,27,30)(H,28,31). The highest BCUT2D eigenvalue weighted by molar-refractivity contribution is 6.06. The molecule has 8 heteroatoms. The second-order valence-corrected chi connectivity index (χ2v) is 7.96. The lowest BCUT2D eigenvalue weighted by molar-refractivity contribution is 0.102. The van der Waals surface area contributed by atoms with Crippen molar-refractivity contribution in [2.45, 2.75) is 31.6 Å². The molecule has 0 aliphatic heterocycles. The lowest BCUT2D eigenvalue weighted by Crippen LogP contribution is -2.22. The summed E-state index contributed by atoms with van der Waals surface area (Å²) in [5.41, 5.74) is 1.61. The molecule has 1 aliphatic carbocycles. The molecule has 0 bridgehead atoms. The van der Waals surface area contributed by atoms with E-state index in [1.165, 1.54) is 19.4 Å². The topological polar surface area (TPSA) is 118 Å². The van der Waals surface area contributed by atoms with Gasteiger partial charge in [-0.15, -0.1) is 0 Å². The van der Waals surface area contributed by atoms with Crippen LogP contribution in [0.25, 0.3) is 10.9 Å². The van der Waals surface area contributed by atoms with Gasteiger partial charge in [0.05, 0.1) is 12.8 Å². The monoisotopic (exact) mass is 460 g/mol. The third kappa shape index (κ3) is 4.80. The molecule has 0 unspecified atom stereocenters. The summed E-state index contributed by atoms with van der Waals surface area (Å²) >= 11 is 0. The molecule has 4 rings (SSSR count). The van der Waals surface area contributed by atoms with Crippen LogP contribution in [0.15, 0.2) is 47.4 Å². The van der Waals surface area contributed by atoms with Crippen molar-refractivity contribution < 1.29 is 24.2 Å². The first-order valence-corrected chi connectivity index (χ1v) is 11.0. The van der Waals surface area contributed by atoms with E-state index in [0.717, 1.165) is 31.2 Å². The Bertz CT molecular complexity index is 1360. The third-order valence-corrected chi connectivity index (χ3v) is 5.89. The number of pyridine rings is 1.